The van der Waals surface area contributed by atoms with Crippen LogP contribution in [0, 0.1) is 0 Å². The van der Waals surface area contributed by atoms with Crippen molar-refractivity contribution in [3.8, 4) is 11.3 Å². The van der Waals surface area contributed by atoms with Crippen LogP contribution in [-0.2, 0) is 6.18 Å². The Kier molecular flexibility index (Phi) is 6.88. The Morgan fingerprint density at radius 1 is 1.12 bits per heavy atom. The van der Waals surface area contributed by atoms with Crippen molar-refractivity contribution in [3.05, 3.63) is 35.8 Å². The number of aliphatic hydroxyl groups is 1. The van der Waals surface area contributed by atoms with E-state index in [2.05, 4.69) is 28.6 Å². The fourth-order valence-electron chi connectivity index (χ4n) is 5.03. The lowest BCUT2D eigenvalue weighted by Gasteiger charge is -2.38. The quantitative estimate of drug-likeness (QED) is 0.724. The molecule has 3 heterocycles. The third kappa shape index (κ3) is 5.00. The molecule has 2 aromatic rings. The van der Waals surface area contributed by atoms with E-state index >= 15 is 0 Å². The van der Waals surface area contributed by atoms with Gasteiger partial charge < -0.3 is 5.11 Å². The number of nitrogens with zero attached hydrogens (tertiary/aromatic N) is 5. The van der Waals surface area contributed by atoms with Crippen molar-refractivity contribution in [3.63, 3.8) is 0 Å². The summed E-state index contributed by atoms with van der Waals surface area (Å²) in [6, 6.07) is 5.22. The highest BCUT2D eigenvalue weighted by Crippen LogP contribution is 2.39. The van der Waals surface area contributed by atoms with Gasteiger partial charge in [0.2, 0.25) is 0 Å². The Labute approximate surface area is 187 Å². The zero-order valence-corrected chi connectivity index (χ0v) is 18.7. The Hall–Kier alpha value is -1.97. The Bertz CT molecular complexity index is 888. The number of hydrogen-bond donors (Lipinski definition) is 1. The number of alkyl halides is 3. The molecular weight excluding hydrogens is 419 g/mol. The first-order chi connectivity index (χ1) is 15.3. The van der Waals surface area contributed by atoms with Crippen LogP contribution < -0.4 is 0 Å². The van der Waals surface area contributed by atoms with Gasteiger partial charge in [0, 0.05) is 68.2 Å². The lowest BCUT2D eigenvalue weighted by molar-refractivity contribution is -0.141. The summed E-state index contributed by atoms with van der Waals surface area (Å²) in [5.74, 6) is 0.390. The minimum absolute atomic E-state index is 0.169. The summed E-state index contributed by atoms with van der Waals surface area (Å²) in [5, 5.41) is 13.9. The van der Waals surface area contributed by atoms with Gasteiger partial charge in [0.1, 0.15) is 5.69 Å². The van der Waals surface area contributed by atoms with E-state index in [1.807, 2.05) is 10.7 Å². The zero-order chi connectivity index (χ0) is 22.9. The van der Waals surface area contributed by atoms with Gasteiger partial charge in [-0.15, -0.1) is 0 Å². The number of rotatable bonds is 6. The SMILES string of the molecule is CC(C)n1nc(-c2ccc(C(F)(F)F)nc2)cc1[C@H]1CC[C@@H](N2CCN(CCO)CC2)C1. The first kappa shape index (κ1) is 23.2. The summed E-state index contributed by atoms with van der Waals surface area (Å²) in [5.41, 5.74) is 1.56. The number of aromatic nitrogens is 3. The molecule has 1 saturated carbocycles. The Morgan fingerprint density at radius 3 is 2.47 bits per heavy atom. The van der Waals surface area contributed by atoms with Gasteiger partial charge in [-0.1, -0.05) is 0 Å². The molecule has 6 nitrogen and oxygen atoms in total. The summed E-state index contributed by atoms with van der Waals surface area (Å²) >= 11 is 0. The largest absolute Gasteiger partial charge is 0.433 e. The van der Waals surface area contributed by atoms with Crippen LogP contribution in [0.5, 0.6) is 0 Å². The molecule has 1 aliphatic carbocycles. The summed E-state index contributed by atoms with van der Waals surface area (Å²) < 4.78 is 40.6. The molecule has 2 atom stereocenters. The van der Waals surface area contributed by atoms with Crippen molar-refractivity contribution in [2.24, 2.45) is 0 Å². The minimum atomic E-state index is -4.44. The highest BCUT2D eigenvalue weighted by molar-refractivity contribution is 5.58. The molecule has 0 spiro atoms. The third-order valence-corrected chi connectivity index (χ3v) is 6.77. The van der Waals surface area contributed by atoms with Crippen LogP contribution in [0.3, 0.4) is 0 Å². The van der Waals surface area contributed by atoms with Gasteiger partial charge in [-0.25, -0.2) is 0 Å². The fourth-order valence-corrected chi connectivity index (χ4v) is 5.03. The molecule has 0 aromatic carbocycles. The fraction of sp³-hybridized carbons (Fsp3) is 0.652. The average molecular weight is 452 g/mol. The minimum Gasteiger partial charge on any atom is -0.395 e. The lowest BCUT2D eigenvalue weighted by atomic mass is 10.0. The first-order valence-electron chi connectivity index (χ1n) is 11.5. The number of hydrogen-bond acceptors (Lipinski definition) is 5. The first-order valence-corrected chi connectivity index (χ1v) is 11.5. The van der Waals surface area contributed by atoms with Gasteiger partial charge in [-0.2, -0.15) is 18.3 Å². The molecule has 32 heavy (non-hydrogen) atoms. The molecule has 2 fully saturated rings. The number of piperazine rings is 1. The molecule has 176 valence electrons. The molecule has 2 aromatic heterocycles. The van der Waals surface area contributed by atoms with Gasteiger partial charge >= 0.3 is 6.18 Å². The maximum Gasteiger partial charge on any atom is 0.433 e. The summed E-state index contributed by atoms with van der Waals surface area (Å²) in [6.45, 7) is 9.17. The van der Waals surface area contributed by atoms with Crippen LogP contribution in [0.15, 0.2) is 24.4 Å². The molecule has 0 radical (unpaired) electrons. The Balaban J connectivity index is 1.48. The molecule has 2 aliphatic rings. The Morgan fingerprint density at radius 2 is 1.88 bits per heavy atom. The van der Waals surface area contributed by atoms with Crippen LogP contribution in [0.1, 0.15) is 56.5 Å². The average Bonchev–Trinajstić information content (AvgIpc) is 3.42. The number of β-amino-alcohol motifs (C(OH)–C–C–N with tert-alkyl or cyclic N) is 1. The van der Waals surface area contributed by atoms with E-state index in [4.69, 9.17) is 10.2 Å². The van der Waals surface area contributed by atoms with Crippen LogP contribution in [-0.4, -0.2) is 75.0 Å². The number of pyridine rings is 1. The van der Waals surface area contributed by atoms with Gasteiger partial charge in [-0.05, 0) is 51.3 Å². The highest BCUT2D eigenvalue weighted by Gasteiger charge is 2.34. The van der Waals surface area contributed by atoms with Crippen LogP contribution in [0.25, 0.3) is 11.3 Å². The second-order valence-electron chi connectivity index (χ2n) is 9.19. The highest BCUT2D eigenvalue weighted by atomic mass is 19.4. The van der Waals surface area contributed by atoms with E-state index in [1.165, 1.54) is 12.3 Å². The van der Waals surface area contributed by atoms with E-state index < -0.39 is 11.9 Å². The summed E-state index contributed by atoms with van der Waals surface area (Å²) in [6.07, 6.45) is 0.130. The van der Waals surface area contributed by atoms with E-state index in [-0.39, 0.29) is 12.6 Å². The predicted octanol–water partition coefficient (Wildman–Crippen LogP) is 3.79. The van der Waals surface area contributed by atoms with E-state index in [0.29, 0.717) is 23.2 Å². The normalized spacial score (nSPS) is 23.3. The van der Waals surface area contributed by atoms with Crippen LogP contribution in [0.2, 0.25) is 0 Å². The van der Waals surface area contributed by atoms with Gasteiger partial charge in [-0.3, -0.25) is 19.5 Å². The van der Waals surface area contributed by atoms with Crippen molar-refractivity contribution in [1.82, 2.24) is 24.6 Å². The van der Waals surface area contributed by atoms with Crippen molar-refractivity contribution >= 4 is 0 Å². The third-order valence-electron chi connectivity index (χ3n) is 6.77. The maximum atomic E-state index is 12.9. The summed E-state index contributed by atoms with van der Waals surface area (Å²) in [4.78, 5) is 8.48. The topological polar surface area (TPSA) is 57.4 Å². The van der Waals surface area contributed by atoms with Crippen molar-refractivity contribution in [1.29, 1.82) is 0 Å². The second-order valence-corrected chi connectivity index (χ2v) is 9.19. The zero-order valence-electron chi connectivity index (χ0n) is 18.7. The molecule has 0 bridgehead atoms. The molecule has 4 rings (SSSR count). The van der Waals surface area contributed by atoms with Crippen molar-refractivity contribution < 1.29 is 18.3 Å². The second kappa shape index (κ2) is 9.49. The lowest BCUT2D eigenvalue weighted by Crippen LogP contribution is -2.50. The molecule has 1 N–H and O–H groups in total. The van der Waals surface area contributed by atoms with E-state index in [0.717, 1.165) is 63.7 Å². The summed E-state index contributed by atoms with van der Waals surface area (Å²) in [7, 11) is 0. The van der Waals surface area contributed by atoms with Crippen LogP contribution >= 0.6 is 0 Å². The predicted molar refractivity (Wildman–Crippen MR) is 116 cm³/mol. The van der Waals surface area contributed by atoms with E-state index in [9.17, 15) is 13.2 Å². The standard InChI is InChI=1S/C23H32F3N5O/c1-16(2)31-21(14-20(28-31)18-4-6-22(27-15-18)23(24,25)26)17-3-5-19(13-17)30-9-7-29(8-10-30)11-12-32/h4,6,14-17,19,32H,3,5,7-13H2,1-2H3/t17-,19+/m0/s1. The van der Waals surface area contributed by atoms with Crippen LogP contribution in [0.4, 0.5) is 13.2 Å². The molecular formula is C23H32F3N5O. The van der Waals surface area contributed by atoms with Crippen molar-refractivity contribution in [2.75, 3.05) is 39.3 Å². The molecule has 1 saturated heterocycles. The van der Waals surface area contributed by atoms with E-state index in [1.54, 1.807) is 0 Å². The smallest absolute Gasteiger partial charge is 0.395 e. The monoisotopic (exact) mass is 451 g/mol. The van der Waals surface area contributed by atoms with Crippen molar-refractivity contribution in [2.45, 2.75) is 57.3 Å². The number of aliphatic hydroxyl groups excluding tert-OH is 1. The van der Waals surface area contributed by atoms with Gasteiger partial charge in [0.05, 0.1) is 12.3 Å². The number of halogens is 3. The molecule has 1 aliphatic heterocycles. The molecule has 0 amide bonds. The molecule has 9 heteroatoms. The van der Waals surface area contributed by atoms with Gasteiger partial charge in [0.25, 0.3) is 0 Å². The molecule has 0 unspecified atom stereocenters. The van der Waals surface area contributed by atoms with Gasteiger partial charge in [0.15, 0.2) is 0 Å². The maximum absolute atomic E-state index is 12.9.